The van der Waals surface area contributed by atoms with Gasteiger partial charge in [-0.25, -0.2) is 4.79 Å². The fourth-order valence-corrected chi connectivity index (χ4v) is 2.48. The van der Waals surface area contributed by atoms with Crippen molar-refractivity contribution in [3.63, 3.8) is 0 Å². The van der Waals surface area contributed by atoms with E-state index in [0.29, 0.717) is 0 Å². The molecule has 0 unspecified atom stereocenters. The average Bonchev–Trinajstić information content (AvgIpc) is 2.79. The summed E-state index contributed by atoms with van der Waals surface area (Å²) in [5.41, 5.74) is -0.691. The summed E-state index contributed by atoms with van der Waals surface area (Å²) in [6.45, 7) is 3.56. The van der Waals surface area contributed by atoms with E-state index in [2.05, 4.69) is 6.58 Å². The predicted molar refractivity (Wildman–Crippen MR) is 60.4 cm³/mol. The molecule has 0 N–H and O–H groups in total. The van der Waals surface area contributed by atoms with Crippen LogP contribution < -0.4 is 5.11 Å². The van der Waals surface area contributed by atoms with Gasteiger partial charge in [0.1, 0.15) is 5.70 Å². The van der Waals surface area contributed by atoms with Crippen molar-refractivity contribution in [3.05, 3.63) is 34.0 Å². The SMILES string of the molecule is C=C1C([N+](=O)[O-])=C([O-])N(C)C(=O)N1C1CCCC1. The maximum atomic E-state index is 12.0. The van der Waals surface area contributed by atoms with Crippen LogP contribution in [-0.4, -0.2) is 33.8 Å². The van der Waals surface area contributed by atoms with Crippen LogP contribution in [0.25, 0.3) is 0 Å². The minimum atomic E-state index is -0.899. The van der Waals surface area contributed by atoms with Crippen molar-refractivity contribution in [2.75, 3.05) is 7.05 Å². The first-order chi connectivity index (χ1) is 8.45. The molecule has 7 heteroatoms. The summed E-state index contributed by atoms with van der Waals surface area (Å²) in [5, 5.41) is 22.6. The second-order valence-electron chi connectivity index (χ2n) is 4.51. The van der Waals surface area contributed by atoms with Gasteiger partial charge in [0.15, 0.2) is 0 Å². The van der Waals surface area contributed by atoms with E-state index >= 15 is 0 Å². The quantitative estimate of drug-likeness (QED) is 0.532. The lowest BCUT2D eigenvalue weighted by molar-refractivity contribution is -0.446. The van der Waals surface area contributed by atoms with Crippen LogP contribution in [0.5, 0.6) is 0 Å². The van der Waals surface area contributed by atoms with Crippen LogP contribution in [-0.2, 0) is 0 Å². The standard InChI is InChI=1S/C11H15N3O4/c1-7-9(14(17)18)10(15)12(2)11(16)13(7)8-5-3-4-6-8/h8,15H,1,3-6H2,2H3/p-1. The smallest absolute Gasteiger partial charge is 0.328 e. The third-order valence-corrected chi connectivity index (χ3v) is 3.44. The molecule has 0 aromatic heterocycles. The van der Waals surface area contributed by atoms with Crippen LogP contribution in [0.15, 0.2) is 23.9 Å². The molecule has 2 amide bonds. The van der Waals surface area contributed by atoms with Crippen molar-refractivity contribution in [2.24, 2.45) is 0 Å². The van der Waals surface area contributed by atoms with Gasteiger partial charge in [0.2, 0.25) is 0 Å². The van der Waals surface area contributed by atoms with E-state index in [4.69, 9.17) is 0 Å². The number of hydrogen-bond donors (Lipinski definition) is 0. The van der Waals surface area contributed by atoms with Gasteiger partial charge in [-0.05, 0) is 12.8 Å². The fourth-order valence-electron chi connectivity index (χ4n) is 2.48. The van der Waals surface area contributed by atoms with Gasteiger partial charge < -0.3 is 10.0 Å². The van der Waals surface area contributed by atoms with E-state index in [1.807, 2.05) is 0 Å². The molecule has 18 heavy (non-hydrogen) atoms. The first kappa shape index (κ1) is 12.4. The van der Waals surface area contributed by atoms with Crippen molar-refractivity contribution in [1.82, 2.24) is 9.80 Å². The molecule has 98 valence electrons. The molecular formula is C11H14N3O4-. The van der Waals surface area contributed by atoms with E-state index in [9.17, 15) is 20.0 Å². The lowest BCUT2D eigenvalue weighted by Crippen LogP contribution is -2.52. The van der Waals surface area contributed by atoms with E-state index in [0.717, 1.165) is 30.6 Å². The Hall–Kier alpha value is -2.05. The third-order valence-electron chi connectivity index (χ3n) is 3.44. The first-order valence-electron chi connectivity index (χ1n) is 5.77. The van der Waals surface area contributed by atoms with Gasteiger partial charge in [-0.1, -0.05) is 19.4 Å². The molecule has 2 rings (SSSR count). The number of carbonyl (C=O) groups excluding carboxylic acids is 1. The summed E-state index contributed by atoms with van der Waals surface area (Å²) < 4.78 is 0. The Kier molecular flexibility index (Phi) is 2.98. The number of urea groups is 1. The molecule has 1 heterocycles. The van der Waals surface area contributed by atoms with Gasteiger partial charge >= 0.3 is 11.7 Å². The van der Waals surface area contributed by atoms with Crippen molar-refractivity contribution in [2.45, 2.75) is 31.7 Å². The molecule has 7 nitrogen and oxygen atoms in total. The normalized spacial score (nSPS) is 22.1. The maximum Gasteiger partial charge on any atom is 0.328 e. The van der Waals surface area contributed by atoms with Crippen LogP contribution in [0.2, 0.25) is 0 Å². The van der Waals surface area contributed by atoms with Crippen molar-refractivity contribution in [1.29, 1.82) is 0 Å². The maximum absolute atomic E-state index is 12.0. The minimum Gasteiger partial charge on any atom is -0.855 e. The summed E-state index contributed by atoms with van der Waals surface area (Å²) in [6, 6.07) is -0.613. The summed E-state index contributed by atoms with van der Waals surface area (Å²) >= 11 is 0. The molecule has 1 fully saturated rings. The molecule has 0 bridgehead atoms. The monoisotopic (exact) mass is 252 g/mol. The lowest BCUT2D eigenvalue weighted by Gasteiger charge is -2.39. The highest BCUT2D eigenvalue weighted by Gasteiger charge is 2.40. The van der Waals surface area contributed by atoms with Crippen LogP contribution in [0.3, 0.4) is 0 Å². The zero-order chi connectivity index (χ0) is 13.4. The molecule has 0 spiro atoms. The van der Waals surface area contributed by atoms with Crippen LogP contribution >= 0.6 is 0 Å². The van der Waals surface area contributed by atoms with E-state index in [1.54, 1.807) is 0 Å². The van der Waals surface area contributed by atoms with E-state index in [-0.39, 0.29) is 11.7 Å². The molecule has 0 saturated heterocycles. The van der Waals surface area contributed by atoms with Gasteiger partial charge in [0.25, 0.3) is 0 Å². The van der Waals surface area contributed by atoms with Crippen molar-refractivity contribution < 1.29 is 14.8 Å². The van der Waals surface area contributed by atoms with E-state index in [1.165, 1.54) is 11.9 Å². The minimum absolute atomic E-state index is 0.0833. The molecule has 0 aromatic carbocycles. The number of amides is 2. The second-order valence-corrected chi connectivity index (χ2v) is 4.51. The van der Waals surface area contributed by atoms with Gasteiger partial charge in [-0.15, -0.1) is 0 Å². The Balaban J connectivity index is 2.42. The summed E-state index contributed by atoms with van der Waals surface area (Å²) in [4.78, 5) is 24.3. The zero-order valence-electron chi connectivity index (χ0n) is 10.1. The zero-order valence-corrected chi connectivity index (χ0v) is 10.1. The predicted octanol–water partition coefficient (Wildman–Crippen LogP) is 0.616. The molecule has 0 atom stereocenters. The Morgan fingerprint density at radius 3 is 2.44 bits per heavy atom. The Labute approximate surface area is 104 Å². The molecule has 1 aliphatic carbocycles. The average molecular weight is 252 g/mol. The lowest BCUT2D eigenvalue weighted by atomic mass is 10.1. The Bertz CT molecular complexity index is 451. The number of nitro groups is 1. The molecule has 0 radical (unpaired) electrons. The molecule has 1 aliphatic heterocycles. The molecule has 1 saturated carbocycles. The number of carbonyl (C=O) groups is 1. The summed E-state index contributed by atoms with van der Waals surface area (Å²) in [7, 11) is 1.25. The first-order valence-corrected chi connectivity index (χ1v) is 5.77. The van der Waals surface area contributed by atoms with Gasteiger partial charge in [-0.2, -0.15) is 0 Å². The highest BCUT2D eigenvalue weighted by atomic mass is 16.6. The van der Waals surface area contributed by atoms with Crippen molar-refractivity contribution >= 4 is 6.03 Å². The summed E-state index contributed by atoms with van der Waals surface area (Å²) in [6.07, 6.45) is 3.54. The highest BCUT2D eigenvalue weighted by Crippen LogP contribution is 2.33. The number of hydrogen-bond acceptors (Lipinski definition) is 4. The van der Waals surface area contributed by atoms with Gasteiger partial charge in [-0.3, -0.25) is 15.0 Å². The number of nitrogens with zero attached hydrogens (tertiary/aromatic N) is 3. The topological polar surface area (TPSA) is 89.7 Å². The van der Waals surface area contributed by atoms with Crippen LogP contribution in [0.4, 0.5) is 4.79 Å². The van der Waals surface area contributed by atoms with Crippen molar-refractivity contribution in [3.8, 4) is 0 Å². The molecule has 2 aliphatic rings. The fraction of sp³-hybridized carbons (Fsp3) is 0.545. The second kappa shape index (κ2) is 4.32. The highest BCUT2D eigenvalue weighted by molar-refractivity contribution is 5.80. The third kappa shape index (κ3) is 1.71. The van der Waals surface area contributed by atoms with Crippen LogP contribution in [0.1, 0.15) is 25.7 Å². The molecular weight excluding hydrogens is 238 g/mol. The molecule has 0 aromatic rings. The Morgan fingerprint density at radius 2 is 1.94 bits per heavy atom. The van der Waals surface area contributed by atoms with Gasteiger partial charge in [0, 0.05) is 13.1 Å². The Morgan fingerprint density at radius 1 is 1.39 bits per heavy atom. The number of rotatable bonds is 2. The van der Waals surface area contributed by atoms with Crippen LogP contribution in [0, 0.1) is 10.1 Å². The summed E-state index contributed by atoms with van der Waals surface area (Å²) in [5.74, 6) is -0.899. The van der Waals surface area contributed by atoms with E-state index < -0.39 is 22.5 Å². The largest absolute Gasteiger partial charge is 0.855 e. The van der Waals surface area contributed by atoms with Gasteiger partial charge in [0.05, 0.1) is 10.8 Å².